The number of carbonyl (C=O) groups excluding carboxylic acids is 1. The van der Waals surface area contributed by atoms with Crippen LogP contribution in [-0.2, 0) is 19.1 Å². The van der Waals surface area contributed by atoms with E-state index >= 15 is 0 Å². The molecule has 1 saturated carbocycles. The van der Waals surface area contributed by atoms with Crippen molar-refractivity contribution < 1.29 is 24.2 Å². The predicted molar refractivity (Wildman–Crippen MR) is 87.1 cm³/mol. The molecule has 6 nitrogen and oxygen atoms in total. The van der Waals surface area contributed by atoms with Gasteiger partial charge in [0.1, 0.15) is 0 Å². The lowest BCUT2D eigenvalue weighted by atomic mass is 9.84. The maximum Gasteiger partial charge on any atom is 0.336 e. The maximum absolute atomic E-state index is 11.3. The SMILES string of the molecule is COC(=O)CC1(C(=O)O)CCCC(C)(C)O1.NC1CCCCC1. The van der Waals surface area contributed by atoms with Crippen LogP contribution in [0.2, 0.25) is 0 Å². The Bertz CT molecular complexity index is 404. The summed E-state index contributed by atoms with van der Waals surface area (Å²) in [4.78, 5) is 22.5. The largest absolute Gasteiger partial charge is 0.479 e. The first kappa shape index (κ1) is 19.9. The summed E-state index contributed by atoms with van der Waals surface area (Å²) in [6, 6.07) is 0.536. The zero-order valence-corrected chi connectivity index (χ0v) is 14.6. The molecule has 23 heavy (non-hydrogen) atoms. The highest BCUT2D eigenvalue weighted by Gasteiger charge is 2.48. The van der Waals surface area contributed by atoms with E-state index in [1.807, 2.05) is 13.8 Å². The summed E-state index contributed by atoms with van der Waals surface area (Å²) in [6.45, 7) is 3.67. The molecule has 134 valence electrons. The Morgan fingerprint density at radius 2 is 1.78 bits per heavy atom. The van der Waals surface area contributed by atoms with Gasteiger partial charge >= 0.3 is 11.9 Å². The molecule has 6 heteroatoms. The van der Waals surface area contributed by atoms with Crippen LogP contribution in [0.5, 0.6) is 0 Å². The lowest BCUT2D eigenvalue weighted by molar-refractivity contribution is -0.207. The van der Waals surface area contributed by atoms with E-state index < -0.39 is 23.1 Å². The Morgan fingerprint density at radius 1 is 1.17 bits per heavy atom. The molecular weight excluding hydrogens is 298 g/mol. The minimum Gasteiger partial charge on any atom is -0.479 e. The number of carbonyl (C=O) groups is 2. The Kier molecular flexibility index (Phi) is 7.48. The Labute approximate surface area is 138 Å². The second kappa shape index (κ2) is 8.64. The Hall–Kier alpha value is -1.14. The maximum atomic E-state index is 11.3. The van der Waals surface area contributed by atoms with Crippen LogP contribution in [0.15, 0.2) is 0 Å². The van der Waals surface area contributed by atoms with E-state index in [1.165, 1.54) is 39.2 Å². The second-order valence-corrected chi connectivity index (χ2v) is 7.17. The average molecular weight is 329 g/mol. The first-order valence-electron chi connectivity index (χ1n) is 8.47. The van der Waals surface area contributed by atoms with E-state index in [4.69, 9.17) is 10.5 Å². The first-order chi connectivity index (χ1) is 10.7. The summed E-state index contributed by atoms with van der Waals surface area (Å²) in [6.07, 6.45) is 8.30. The summed E-state index contributed by atoms with van der Waals surface area (Å²) in [7, 11) is 1.24. The van der Waals surface area contributed by atoms with Gasteiger partial charge in [-0.15, -0.1) is 0 Å². The fourth-order valence-electron chi connectivity index (χ4n) is 3.22. The summed E-state index contributed by atoms with van der Waals surface area (Å²) in [5.41, 5.74) is 3.70. The van der Waals surface area contributed by atoms with Crippen molar-refractivity contribution in [3.05, 3.63) is 0 Å². The zero-order chi connectivity index (χ0) is 17.5. The van der Waals surface area contributed by atoms with Crippen LogP contribution in [0, 0.1) is 0 Å². The molecule has 1 aliphatic heterocycles. The number of aliphatic carboxylic acids is 1. The highest BCUT2D eigenvalue weighted by Crippen LogP contribution is 2.37. The minimum absolute atomic E-state index is 0.234. The molecule has 0 radical (unpaired) electrons. The fraction of sp³-hybridized carbons (Fsp3) is 0.882. The van der Waals surface area contributed by atoms with Crippen LogP contribution in [-0.4, -0.2) is 41.4 Å². The summed E-state index contributed by atoms with van der Waals surface area (Å²) < 4.78 is 10.1. The van der Waals surface area contributed by atoms with Crippen molar-refractivity contribution in [1.82, 2.24) is 0 Å². The van der Waals surface area contributed by atoms with Crippen LogP contribution in [0.4, 0.5) is 0 Å². The molecule has 1 saturated heterocycles. The molecule has 1 atom stereocenters. The smallest absolute Gasteiger partial charge is 0.336 e. The number of ether oxygens (including phenoxy) is 2. The zero-order valence-electron chi connectivity index (χ0n) is 14.6. The number of methoxy groups -OCH3 is 1. The normalized spacial score (nSPS) is 27.5. The molecule has 0 aromatic rings. The number of esters is 1. The van der Waals surface area contributed by atoms with Crippen molar-refractivity contribution in [3.8, 4) is 0 Å². The Balaban J connectivity index is 0.000000313. The summed E-state index contributed by atoms with van der Waals surface area (Å²) in [5, 5.41) is 9.23. The fourth-order valence-corrected chi connectivity index (χ4v) is 3.22. The lowest BCUT2D eigenvalue weighted by Crippen LogP contribution is -2.52. The van der Waals surface area contributed by atoms with Gasteiger partial charge in [0, 0.05) is 6.04 Å². The predicted octanol–water partition coefficient (Wildman–Crippen LogP) is 2.63. The van der Waals surface area contributed by atoms with E-state index in [-0.39, 0.29) is 6.42 Å². The second-order valence-electron chi connectivity index (χ2n) is 7.17. The molecule has 0 spiro atoms. The molecular formula is C17H31NO5. The molecule has 2 fully saturated rings. The van der Waals surface area contributed by atoms with Gasteiger partial charge in [-0.3, -0.25) is 4.79 Å². The van der Waals surface area contributed by atoms with E-state index in [2.05, 4.69) is 4.74 Å². The van der Waals surface area contributed by atoms with Crippen LogP contribution in [0.3, 0.4) is 0 Å². The van der Waals surface area contributed by atoms with Crippen molar-refractivity contribution in [2.24, 2.45) is 5.73 Å². The molecule has 2 rings (SSSR count). The topological polar surface area (TPSA) is 98.9 Å². The number of carboxylic acids is 1. The van der Waals surface area contributed by atoms with Gasteiger partial charge in [-0.2, -0.15) is 0 Å². The van der Waals surface area contributed by atoms with Crippen molar-refractivity contribution in [1.29, 1.82) is 0 Å². The standard InChI is InChI=1S/C11H18O5.C6H13N/c1-10(2)5-4-6-11(16-10,9(13)14)7-8(12)15-3;7-6-4-2-1-3-5-6/h4-7H2,1-3H3,(H,13,14);6H,1-5,7H2. The van der Waals surface area contributed by atoms with E-state index in [9.17, 15) is 14.7 Å². The average Bonchev–Trinajstić information content (AvgIpc) is 2.47. The van der Waals surface area contributed by atoms with Crippen LogP contribution in [0.25, 0.3) is 0 Å². The van der Waals surface area contributed by atoms with Crippen molar-refractivity contribution >= 4 is 11.9 Å². The van der Waals surface area contributed by atoms with Crippen LogP contribution < -0.4 is 5.73 Å². The van der Waals surface area contributed by atoms with E-state index in [0.29, 0.717) is 12.5 Å². The number of nitrogens with two attached hydrogens (primary N) is 1. The highest BCUT2D eigenvalue weighted by atomic mass is 16.6. The van der Waals surface area contributed by atoms with Crippen molar-refractivity contribution in [3.63, 3.8) is 0 Å². The van der Waals surface area contributed by atoms with Gasteiger partial charge in [-0.1, -0.05) is 19.3 Å². The van der Waals surface area contributed by atoms with Gasteiger partial charge in [-0.25, -0.2) is 4.79 Å². The van der Waals surface area contributed by atoms with Gasteiger partial charge in [0.15, 0.2) is 5.60 Å². The molecule has 0 aromatic heterocycles. The van der Waals surface area contributed by atoms with Crippen molar-refractivity contribution in [2.45, 2.75) is 88.9 Å². The minimum atomic E-state index is -1.42. The lowest BCUT2D eigenvalue weighted by Gasteiger charge is -2.42. The number of rotatable bonds is 3. The molecule has 2 aliphatic rings. The van der Waals surface area contributed by atoms with Gasteiger partial charge < -0.3 is 20.3 Å². The van der Waals surface area contributed by atoms with Gasteiger partial charge in [0.2, 0.25) is 0 Å². The van der Waals surface area contributed by atoms with Crippen molar-refractivity contribution in [2.75, 3.05) is 7.11 Å². The molecule has 1 heterocycles. The quantitative estimate of drug-likeness (QED) is 0.772. The highest BCUT2D eigenvalue weighted by molar-refractivity contribution is 5.84. The first-order valence-corrected chi connectivity index (χ1v) is 8.47. The third-order valence-corrected chi connectivity index (χ3v) is 4.53. The monoisotopic (exact) mass is 329 g/mol. The van der Waals surface area contributed by atoms with E-state index in [0.717, 1.165) is 12.8 Å². The molecule has 0 amide bonds. The summed E-state index contributed by atoms with van der Waals surface area (Å²) in [5.74, 6) is -1.65. The molecule has 0 aromatic carbocycles. The number of hydrogen-bond donors (Lipinski definition) is 2. The molecule has 1 aliphatic carbocycles. The Morgan fingerprint density at radius 3 is 2.17 bits per heavy atom. The van der Waals surface area contributed by atoms with Crippen LogP contribution in [0.1, 0.15) is 71.6 Å². The molecule has 1 unspecified atom stereocenters. The third kappa shape index (κ3) is 6.47. The van der Waals surface area contributed by atoms with Gasteiger partial charge in [0.05, 0.1) is 19.1 Å². The summed E-state index contributed by atoms with van der Waals surface area (Å²) >= 11 is 0. The van der Waals surface area contributed by atoms with E-state index in [1.54, 1.807) is 0 Å². The van der Waals surface area contributed by atoms with Gasteiger partial charge in [-0.05, 0) is 46.0 Å². The number of carboxylic acid groups (broad SMARTS) is 1. The molecule has 3 N–H and O–H groups in total. The third-order valence-electron chi connectivity index (χ3n) is 4.53. The number of hydrogen-bond acceptors (Lipinski definition) is 5. The molecule has 0 bridgehead atoms. The van der Waals surface area contributed by atoms with Crippen LogP contribution >= 0.6 is 0 Å². The van der Waals surface area contributed by atoms with Gasteiger partial charge in [0.25, 0.3) is 0 Å².